The first-order valence-corrected chi connectivity index (χ1v) is 8.17. The molecule has 1 rings (SSSR count). The highest BCUT2D eigenvalue weighted by Gasteiger charge is 2.28. The van der Waals surface area contributed by atoms with Gasteiger partial charge < -0.3 is 9.64 Å². The van der Waals surface area contributed by atoms with Gasteiger partial charge in [-0.15, -0.1) is 0 Å². The molecule has 6 nitrogen and oxygen atoms in total. The molecule has 0 aliphatic carbocycles. The van der Waals surface area contributed by atoms with E-state index in [2.05, 4.69) is 4.72 Å². The smallest absolute Gasteiger partial charge is 0.410 e. The van der Waals surface area contributed by atoms with Crippen molar-refractivity contribution in [2.24, 2.45) is 5.92 Å². The summed E-state index contributed by atoms with van der Waals surface area (Å²) in [5.41, 5.74) is -0.497. The minimum Gasteiger partial charge on any atom is -0.444 e. The number of hydrogen-bond donors (Lipinski definition) is 1. The third-order valence-electron chi connectivity index (χ3n) is 3.03. The summed E-state index contributed by atoms with van der Waals surface area (Å²) < 4.78 is 30.5. The number of piperidine rings is 1. The maximum absolute atomic E-state index is 11.8. The van der Waals surface area contributed by atoms with E-state index < -0.39 is 15.6 Å². The van der Waals surface area contributed by atoms with E-state index in [-0.39, 0.29) is 17.8 Å². The minimum absolute atomic E-state index is 0.108. The Bertz CT molecular complexity index is 406. The van der Waals surface area contributed by atoms with Crippen molar-refractivity contribution in [1.82, 2.24) is 9.62 Å². The highest BCUT2D eigenvalue weighted by Crippen LogP contribution is 2.20. The molecule has 1 amide bonds. The van der Waals surface area contributed by atoms with Crippen molar-refractivity contribution in [3.05, 3.63) is 0 Å². The first-order chi connectivity index (χ1) is 8.63. The number of ether oxygens (including phenoxy) is 1. The Labute approximate surface area is 115 Å². The predicted molar refractivity (Wildman–Crippen MR) is 73.4 cm³/mol. The van der Waals surface area contributed by atoms with Crippen LogP contribution >= 0.6 is 0 Å². The van der Waals surface area contributed by atoms with Gasteiger partial charge in [-0.25, -0.2) is 17.9 Å². The van der Waals surface area contributed by atoms with Crippen LogP contribution in [0.15, 0.2) is 0 Å². The number of nitrogens with zero attached hydrogens (tertiary/aromatic N) is 1. The lowest BCUT2D eigenvalue weighted by Gasteiger charge is -2.33. The third-order valence-corrected chi connectivity index (χ3v) is 4.56. The van der Waals surface area contributed by atoms with Crippen LogP contribution in [0.25, 0.3) is 0 Å². The largest absolute Gasteiger partial charge is 0.444 e. The molecular weight excluding hydrogens is 268 g/mol. The van der Waals surface area contributed by atoms with Crippen LogP contribution in [0.1, 0.15) is 33.6 Å². The first kappa shape index (κ1) is 16.2. The average Bonchev–Trinajstić information content (AvgIpc) is 2.27. The Morgan fingerprint density at radius 3 is 2.26 bits per heavy atom. The molecule has 0 unspecified atom stereocenters. The summed E-state index contributed by atoms with van der Waals surface area (Å²) in [6.07, 6.45) is 1.07. The molecule has 0 aromatic carbocycles. The Hall–Kier alpha value is -0.820. The van der Waals surface area contributed by atoms with E-state index in [1.807, 2.05) is 20.8 Å². The molecule has 0 bridgehead atoms. The number of hydrogen-bond acceptors (Lipinski definition) is 4. The van der Waals surface area contributed by atoms with Gasteiger partial charge in [-0.1, -0.05) is 0 Å². The fraction of sp³-hybridized carbons (Fsp3) is 0.917. The summed E-state index contributed by atoms with van der Waals surface area (Å²) in [5.74, 6) is 0.238. The average molecular weight is 292 g/mol. The second kappa shape index (κ2) is 6.09. The molecule has 1 N–H and O–H groups in total. The van der Waals surface area contributed by atoms with Gasteiger partial charge in [0.1, 0.15) is 5.60 Å². The zero-order valence-electron chi connectivity index (χ0n) is 12.1. The number of carbonyl (C=O) groups is 1. The molecule has 7 heteroatoms. The summed E-state index contributed by atoms with van der Waals surface area (Å²) in [7, 11) is -1.75. The fourth-order valence-corrected chi connectivity index (χ4v) is 3.12. The van der Waals surface area contributed by atoms with Crippen LogP contribution in [-0.2, 0) is 14.8 Å². The Balaban J connectivity index is 2.43. The summed E-state index contributed by atoms with van der Waals surface area (Å²) in [6.45, 7) is 6.60. The SMILES string of the molecule is CNS(=O)(=O)CC1CCN(C(=O)OC(C)(C)C)CC1. The molecule has 0 spiro atoms. The molecule has 1 aliphatic heterocycles. The quantitative estimate of drug-likeness (QED) is 0.847. The van der Waals surface area contributed by atoms with Gasteiger partial charge in [-0.3, -0.25) is 0 Å². The number of rotatable bonds is 3. The van der Waals surface area contributed by atoms with Crippen molar-refractivity contribution in [2.45, 2.75) is 39.2 Å². The van der Waals surface area contributed by atoms with Crippen molar-refractivity contribution in [2.75, 3.05) is 25.9 Å². The Morgan fingerprint density at radius 2 is 1.84 bits per heavy atom. The second-order valence-electron chi connectivity index (χ2n) is 5.90. The molecule has 1 aliphatic rings. The second-order valence-corrected chi connectivity index (χ2v) is 7.87. The first-order valence-electron chi connectivity index (χ1n) is 6.52. The van der Waals surface area contributed by atoms with Crippen LogP contribution in [0, 0.1) is 5.92 Å². The van der Waals surface area contributed by atoms with Crippen molar-refractivity contribution < 1.29 is 17.9 Å². The lowest BCUT2D eigenvalue weighted by atomic mass is 9.99. The lowest BCUT2D eigenvalue weighted by Crippen LogP contribution is -2.43. The zero-order valence-corrected chi connectivity index (χ0v) is 12.9. The predicted octanol–water partition coefficient (Wildman–Crippen LogP) is 1.18. The van der Waals surface area contributed by atoms with E-state index in [1.165, 1.54) is 7.05 Å². The van der Waals surface area contributed by atoms with Gasteiger partial charge in [0.2, 0.25) is 10.0 Å². The lowest BCUT2D eigenvalue weighted by molar-refractivity contribution is 0.0191. The van der Waals surface area contributed by atoms with Gasteiger partial charge in [-0.05, 0) is 46.6 Å². The molecule has 0 aromatic rings. The summed E-state index contributed by atoms with van der Waals surface area (Å²) in [6, 6.07) is 0. The van der Waals surface area contributed by atoms with Crippen molar-refractivity contribution in [3.63, 3.8) is 0 Å². The molecule has 1 heterocycles. The van der Waals surface area contributed by atoms with E-state index in [9.17, 15) is 13.2 Å². The van der Waals surface area contributed by atoms with E-state index >= 15 is 0 Å². The van der Waals surface area contributed by atoms with Gasteiger partial charge in [0.25, 0.3) is 0 Å². The third kappa shape index (κ3) is 5.78. The van der Waals surface area contributed by atoms with Gasteiger partial charge in [0.05, 0.1) is 5.75 Å². The fourth-order valence-electron chi connectivity index (χ4n) is 2.00. The van der Waals surface area contributed by atoms with Crippen molar-refractivity contribution in [1.29, 1.82) is 0 Å². The van der Waals surface area contributed by atoms with E-state index in [4.69, 9.17) is 4.74 Å². The maximum Gasteiger partial charge on any atom is 0.410 e. The number of likely N-dealkylation sites (tertiary alicyclic amines) is 1. The van der Waals surface area contributed by atoms with Gasteiger partial charge >= 0.3 is 6.09 Å². The number of nitrogens with one attached hydrogen (secondary N) is 1. The molecule has 1 fully saturated rings. The Kier molecular flexibility index (Phi) is 5.20. The van der Waals surface area contributed by atoms with Gasteiger partial charge in [0.15, 0.2) is 0 Å². The van der Waals surface area contributed by atoms with E-state index in [0.717, 1.165) is 0 Å². The Morgan fingerprint density at radius 1 is 1.32 bits per heavy atom. The molecule has 1 saturated heterocycles. The van der Waals surface area contributed by atoms with Crippen molar-refractivity contribution in [3.8, 4) is 0 Å². The molecule has 0 saturated carbocycles. The summed E-state index contributed by atoms with van der Waals surface area (Å²) in [4.78, 5) is 13.5. The van der Waals surface area contributed by atoms with E-state index in [1.54, 1.807) is 4.90 Å². The van der Waals surface area contributed by atoms with Crippen LogP contribution < -0.4 is 4.72 Å². The van der Waals surface area contributed by atoms with E-state index in [0.29, 0.717) is 25.9 Å². The molecule has 0 aromatic heterocycles. The van der Waals surface area contributed by atoms with Crippen molar-refractivity contribution >= 4 is 16.1 Å². The highest BCUT2D eigenvalue weighted by molar-refractivity contribution is 7.89. The van der Waals surface area contributed by atoms with Crippen LogP contribution in [-0.4, -0.2) is 50.9 Å². The highest BCUT2D eigenvalue weighted by atomic mass is 32.2. The minimum atomic E-state index is -3.17. The number of amides is 1. The molecule has 0 radical (unpaired) electrons. The standard InChI is InChI=1S/C12H24N2O4S/c1-12(2,3)18-11(15)14-7-5-10(6-8-14)9-19(16,17)13-4/h10,13H,5-9H2,1-4H3. The maximum atomic E-state index is 11.8. The van der Waals surface area contributed by atoms with Gasteiger partial charge in [0, 0.05) is 13.1 Å². The van der Waals surface area contributed by atoms with Crippen LogP contribution in [0.2, 0.25) is 0 Å². The summed E-state index contributed by atoms with van der Waals surface area (Å²) >= 11 is 0. The topological polar surface area (TPSA) is 75.7 Å². The monoisotopic (exact) mass is 292 g/mol. The molecule has 19 heavy (non-hydrogen) atoms. The molecule has 112 valence electrons. The number of sulfonamides is 1. The van der Waals surface area contributed by atoms with Crippen LogP contribution in [0.5, 0.6) is 0 Å². The van der Waals surface area contributed by atoms with Crippen LogP contribution in [0.4, 0.5) is 4.79 Å². The number of carbonyl (C=O) groups excluding carboxylic acids is 1. The van der Waals surface area contributed by atoms with Crippen LogP contribution in [0.3, 0.4) is 0 Å². The normalized spacial score (nSPS) is 18.4. The molecule has 0 atom stereocenters. The zero-order chi connectivity index (χ0) is 14.7. The molecular formula is C12H24N2O4S. The summed E-state index contributed by atoms with van der Waals surface area (Å²) in [5, 5.41) is 0. The van der Waals surface area contributed by atoms with Gasteiger partial charge in [-0.2, -0.15) is 0 Å².